The molecule has 1 aliphatic heterocycles. The van der Waals surface area contributed by atoms with E-state index in [2.05, 4.69) is 33.9 Å². The third kappa shape index (κ3) is 4.02. The maximum atomic E-state index is 12.0. The number of hydrogen-bond acceptors (Lipinski definition) is 3. The van der Waals surface area contributed by atoms with Crippen LogP contribution < -0.4 is 0 Å². The number of carbonyl (C=O) groups is 2. The zero-order valence-corrected chi connectivity index (χ0v) is 17.6. The van der Waals surface area contributed by atoms with Crippen LogP contribution in [0.4, 0.5) is 4.79 Å². The van der Waals surface area contributed by atoms with Gasteiger partial charge in [0.05, 0.1) is 0 Å². The summed E-state index contributed by atoms with van der Waals surface area (Å²) in [6.07, 6.45) is 1.11. The molecule has 0 saturated carbocycles. The molecule has 0 spiro atoms. The summed E-state index contributed by atoms with van der Waals surface area (Å²) in [7, 11) is -1.85. The number of hydrogen-bond donors (Lipinski definition) is 1. The molecule has 5 nitrogen and oxygen atoms in total. The molecule has 1 aliphatic rings. The van der Waals surface area contributed by atoms with Gasteiger partial charge in [-0.3, -0.25) is 4.90 Å². The van der Waals surface area contributed by atoms with E-state index in [0.29, 0.717) is 19.6 Å². The van der Waals surface area contributed by atoms with E-state index in [1.54, 1.807) is 0 Å². The molecule has 0 aromatic carbocycles. The summed E-state index contributed by atoms with van der Waals surface area (Å²) in [6.45, 7) is 17.9. The van der Waals surface area contributed by atoms with Gasteiger partial charge < -0.3 is 14.3 Å². The van der Waals surface area contributed by atoms with E-state index >= 15 is 0 Å². The molecule has 2 atom stereocenters. The van der Waals surface area contributed by atoms with E-state index in [1.165, 1.54) is 4.90 Å². The van der Waals surface area contributed by atoms with Crippen molar-refractivity contribution >= 4 is 20.7 Å². The second kappa shape index (κ2) is 6.79. The van der Waals surface area contributed by atoms with Crippen molar-refractivity contribution in [2.24, 2.45) is 11.3 Å². The molecule has 0 aromatic rings. The Bertz CT molecular complexity index is 478. The van der Waals surface area contributed by atoms with Crippen LogP contribution in [0.1, 0.15) is 54.4 Å². The van der Waals surface area contributed by atoms with E-state index < -0.39 is 25.4 Å². The summed E-state index contributed by atoms with van der Waals surface area (Å²) < 4.78 is 6.34. The van der Waals surface area contributed by atoms with Gasteiger partial charge in [0.2, 0.25) is 0 Å². The number of carbonyl (C=O) groups excluding carboxylic acids is 1. The van der Waals surface area contributed by atoms with Crippen LogP contribution in [0.5, 0.6) is 0 Å². The summed E-state index contributed by atoms with van der Waals surface area (Å²) in [5.74, 6) is 0.208. The molecule has 1 rings (SSSR count). The molecule has 0 bridgehead atoms. The molecule has 140 valence electrons. The van der Waals surface area contributed by atoms with Gasteiger partial charge in [-0.25, -0.2) is 4.79 Å². The molecule has 6 heteroatoms. The molecule has 1 saturated heterocycles. The van der Waals surface area contributed by atoms with E-state index in [-0.39, 0.29) is 11.0 Å². The van der Waals surface area contributed by atoms with Crippen molar-refractivity contribution in [2.75, 3.05) is 13.2 Å². The van der Waals surface area contributed by atoms with Crippen molar-refractivity contribution in [3.63, 3.8) is 0 Å². The minimum Gasteiger partial charge on any atom is -0.465 e. The molecular formula is C18H35NO4Si. The number of amides is 1. The lowest BCUT2D eigenvalue weighted by Gasteiger charge is -2.52. The molecule has 2 unspecified atom stereocenters. The molecule has 24 heavy (non-hydrogen) atoms. The van der Waals surface area contributed by atoms with Crippen LogP contribution in [-0.4, -0.2) is 49.4 Å². The minimum absolute atomic E-state index is 0.139. The predicted molar refractivity (Wildman–Crippen MR) is 98.9 cm³/mol. The molecular weight excluding hydrogens is 322 g/mol. The van der Waals surface area contributed by atoms with Crippen molar-refractivity contribution in [1.29, 1.82) is 0 Å². The monoisotopic (exact) mass is 357 g/mol. The molecule has 1 N–H and O–H groups in total. The van der Waals surface area contributed by atoms with E-state index in [9.17, 15) is 14.7 Å². The van der Waals surface area contributed by atoms with Crippen LogP contribution in [-0.2, 0) is 9.22 Å². The molecule has 1 heterocycles. The Morgan fingerprint density at radius 1 is 1.29 bits per heavy atom. The van der Waals surface area contributed by atoms with Gasteiger partial charge in [0.1, 0.15) is 11.8 Å². The van der Waals surface area contributed by atoms with Gasteiger partial charge in [-0.05, 0) is 42.3 Å². The molecule has 1 fully saturated rings. The average Bonchev–Trinajstić information content (AvgIpc) is 2.42. The lowest BCUT2D eigenvalue weighted by molar-refractivity contribution is -0.130. The van der Waals surface area contributed by atoms with Crippen LogP contribution in [0.15, 0.2) is 0 Å². The lowest BCUT2D eigenvalue weighted by Crippen LogP contribution is -2.64. The molecule has 0 aromatic heterocycles. The maximum absolute atomic E-state index is 12.0. The Balaban J connectivity index is 2.97. The first-order valence-electron chi connectivity index (χ1n) is 8.79. The summed E-state index contributed by atoms with van der Waals surface area (Å²) in [4.78, 5) is 25.0. The van der Waals surface area contributed by atoms with Gasteiger partial charge >= 0.3 is 6.09 Å². The van der Waals surface area contributed by atoms with E-state index in [0.717, 1.165) is 12.7 Å². The highest BCUT2D eigenvalue weighted by molar-refractivity contribution is 6.74. The first kappa shape index (κ1) is 21.2. The fourth-order valence-corrected chi connectivity index (χ4v) is 4.20. The van der Waals surface area contributed by atoms with Crippen LogP contribution >= 0.6 is 0 Å². The largest absolute Gasteiger partial charge is 0.465 e. The van der Waals surface area contributed by atoms with Crippen molar-refractivity contribution in [3.05, 3.63) is 0 Å². The van der Waals surface area contributed by atoms with E-state index in [4.69, 9.17) is 4.43 Å². The fourth-order valence-electron chi connectivity index (χ4n) is 3.11. The second-order valence-electron chi connectivity index (χ2n) is 9.66. The SMILES string of the molecule is CC(C)(C)C1(C=O)CC(CO[Si](C)(C)C(C)(C)C)CCN1C(=O)O. The van der Waals surface area contributed by atoms with E-state index in [1.807, 2.05) is 20.8 Å². The highest BCUT2D eigenvalue weighted by Crippen LogP contribution is 2.44. The predicted octanol–water partition coefficient (Wildman–Crippen LogP) is 4.38. The van der Waals surface area contributed by atoms with Gasteiger partial charge in [0.15, 0.2) is 8.32 Å². The number of nitrogens with zero attached hydrogens (tertiary/aromatic N) is 1. The number of rotatable bonds is 4. The van der Waals surface area contributed by atoms with Crippen LogP contribution in [0.2, 0.25) is 18.1 Å². The van der Waals surface area contributed by atoms with Crippen LogP contribution in [0.3, 0.4) is 0 Å². The Morgan fingerprint density at radius 2 is 1.83 bits per heavy atom. The number of piperidine rings is 1. The maximum Gasteiger partial charge on any atom is 0.408 e. The third-order valence-electron chi connectivity index (χ3n) is 6.05. The van der Waals surface area contributed by atoms with Crippen molar-refractivity contribution in [3.8, 4) is 0 Å². The standard InChI is InChI=1S/C18H35NO4Si/c1-16(2,3)18(13-20)11-14(9-10-19(18)15(21)22)12-23-24(7,8)17(4,5)6/h13-14H,9-12H2,1-8H3,(H,21,22). The summed E-state index contributed by atoms with van der Waals surface area (Å²) in [6, 6.07) is 0. The topological polar surface area (TPSA) is 66.8 Å². The van der Waals surface area contributed by atoms with Gasteiger partial charge in [0.25, 0.3) is 0 Å². The quantitative estimate of drug-likeness (QED) is 0.599. The molecule has 0 radical (unpaired) electrons. The zero-order valence-electron chi connectivity index (χ0n) is 16.6. The van der Waals surface area contributed by atoms with Crippen molar-refractivity contribution < 1.29 is 19.1 Å². The second-order valence-corrected chi connectivity index (χ2v) is 14.5. The lowest BCUT2D eigenvalue weighted by atomic mass is 9.66. The van der Waals surface area contributed by atoms with Gasteiger partial charge in [-0.2, -0.15) is 0 Å². The Labute approximate surface area is 147 Å². The smallest absolute Gasteiger partial charge is 0.408 e. The van der Waals surface area contributed by atoms with Crippen LogP contribution in [0, 0.1) is 11.3 Å². The highest BCUT2D eigenvalue weighted by Gasteiger charge is 2.52. The first-order chi connectivity index (χ1) is 10.7. The number of carboxylic acid groups (broad SMARTS) is 1. The Kier molecular flexibility index (Phi) is 5.98. The fraction of sp³-hybridized carbons (Fsp3) is 0.889. The third-order valence-corrected chi connectivity index (χ3v) is 10.6. The zero-order chi connectivity index (χ0) is 19.0. The van der Waals surface area contributed by atoms with Gasteiger partial charge in [-0.15, -0.1) is 0 Å². The summed E-state index contributed by atoms with van der Waals surface area (Å²) >= 11 is 0. The Morgan fingerprint density at radius 3 is 2.21 bits per heavy atom. The Hall–Kier alpha value is -0.883. The van der Waals surface area contributed by atoms with Crippen molar-refractivity contribution in [1.82, 2.24) is 4.90 Å². The molecule has 0 aliphatic carbocycles. The molecule has 1 amide bonds. The van der Waals surface area contributed by atoms with Crippen LogP contribution in [0.25, 0.3) is 0 Å². The number of likely N-dealkylation sites (tertiary alicyclic amines) is 1. The van der Waals surface area contributed by atoms with Gasteiger partial charge in [0, 0.05) is 13.2 Å². The van der Waals surface area contributed by atoms with Crippen molar-refractivity contribution in [2.45, 2.75) is 78.1 Å². The summed E-state index contributed by atoms with van der Waals surface area (Å²) in [5.41, 5.74) is -1.44. The highest BCUT2D eigenvalue weighted by atomic mass is 28.4. The van der Waals surface area contributed by atoms with Gasteiger partial charge in [-0.1, -0.05) is 41.5 Å². The first-order valence-corrected chi connectivity index (χ1v) is 11.7. The minimum atomic E-state index is -1.85. The normalized spacial score (nSPS) is 26.3. The average molecular weight is 358 g/mol. The number of aldehydes is 1. The summed E-state index contributed by atoms with van der Waals surface area (Å²) in [5, 5.41) is 9.70.